The van der Waals surface area contributed by atoms with E-state index in [0.29, 0.717) is 11.1 Å². The normalized spacial score (nSPS) is 13.9. The highest BCUT2D eigenvalue weighted by molar-refractivity contribution is 6.16. The predicted octanol–water partition coefficient (Wildman–Crippen LogP) is 30.1. The molecule has 0 N–H and O–H groups in total. The van der Waals surface area contributed by atoms with E-state index in [1.807, 2.05) is 48.5 Å². The molecule has 3 heteroatoms. The molecule has 0 atom stereocenters. The van der Waals surface area contributed by atoms with Gasteiger partial charge in [0.25, 0.3) is 0 Å². The molecular formula is C106H111N3. The van der Waals surface area contributed by atoms with Gasteiger partial charge in [-0.05, 0) is 141 Å². The standard InChI is InChI=1S/C42H45N.2C32H33N/c1-40(2,3)30-25-29(26-31(27-30)41(4,5)6)32-20-16-24-37(38(32)42(7,8)9)43-36-23-14-13-19-34(36)35-22-15-21-33(39(35)43)28-17-11-10-12-18-28;2*1-31(2,3)26-19-13-21-28(29(26)32(4,5)6)33-27-20-11-10-16-24(27)25-18-12-17-23(30(25)33)22-14-8-7-9-15-22/h10-27H,1-9H3;2*7-21H,1-6H3/i10D,11D,12D,17D,18D;7D,8D,9D,14D,15D;. The number of hydrogen-bond donors (Lipinski definition) is 0. The van der Waals surface area contributed by atoms with E-state index in [4.69, 9.17) is 13.7 Å². The van der Waals surface area contributed by atoms with Crippen LogP contribution in [0.4, 0.5) is 0 Å². The number of benzene rings is 13. The van der Waals surface area contributed by atoms with E-state index in [9.17, 15) is 0 Å². The van der Waals surface area contributed by atoms with Gasteiger partial charge in [0.05, 0.1) is 63.9 Å². The predicted molar refractivity (Wildman–Crippen MR) is 475 cm³/mol. The average molecular weight is 1440 g/mol. The molecule has 0 unspecified atom stereocenters. The largest absolute Gasteiger partial charge is 0.308 e. The lowest BCUT2D eigenvalue weighted by Gasteiger charge is -2.33. The van der Waals surface area contributed by atoms with Gasteiger partial charge >= 0.3 is 0 Å². The Bertz CT molecular complexity index is 6610. The molecule has 0 aliphatic carbocycles. The van der Waals surface area contributed by atoms with Crippen LogP contribution >= 0.6 is 0 Å². The maximum absolute atomic E-state index is 8.90. The Kier molecular flexibility index (Phi) is 16.4. The molecule has 0 fully saturated rings. The van der Waals surface area contributed by atoms with Crippen LogP contribution in [0, 0.1) is 0 Å². The van der Waals surface area contributed by atoms with Crippen molar-refractivity contribution in [1.82, 2.24) is 13.7 Å². The molecule has 0 amide bonds. The topological polar surface area (TPSA) is 14.8 Å². The number of aromatic nitrogens is 3. The summed E-state index contributed by atoms with van der Waals surface area (Å²) in [5.41, 5.74) is 24.5. The molecule has 0 bridgehead atoms. The van der Waals surface area contributed by atoms with Crippen LogP contribution in [-0.4, -0.2) is 13.7 Å². The fraction of sp³-hybridized carbons (Fsp3) is 0.264. The van der Waals surface area contributed by atoms with Crippen molar-refractivity contribution in [2.24, 2.45) is 0 Å². The van der Waals surface area contributed by atoms with Crippen molar-refractivity contribution in [2.75, 3.05) is 0 Å². The molecule has 3 aromatic heterocycles. The van der Waals surface area contributed by atoms with Gasteiger partial charge < -0.3 is 13.7 Å². The Morgan fingerprint density at radius 3 is 0.853 bits per heavy atom. The van der Waals surface area contributed by atoms with Crippen LogP contribution < -0.4 is 0 Å². The fourth-order valence-electron chi connectivity index (χ4n) is 16.5. The zero-order chi connectivity index (χ0) is 86.2. The summed E-state index contributed by atoms with van der Waals surface area (Å²) in [6.07, 6.45) is 0. The summed E-state index contributed by atoms with van der Waals surface area (Å²) >= 11 is 0. The maximum Gasteiger partial charge on any atom is 0.0629 e. The zero-order valence-electron chi connectivity index (χ0n) is 77.8. The van der Waals surface area contributed by atoms with Crippen LogP contribution in [0.2, 0.25) is 0 Å². The molecule has 0 aliphatic rings. The minimum Gasteiger partial charge on any atom is -0.308 e. The molecule has 550 valence electrons. The molecule has 3 heterocycles. The van der Waals surface area contributed by atoms with Crippen LogP contribution in [0.1, 0.15) is 198 Å². The van der Waals surface area contributed by atoms with Gasteiger partial charge in [-0.25, -0.2) is 0 Å². The minimum atomic E-state index is -0.392. The minimum absolute atomic E-state index is 0.00139. The maximum atomic E-state index is 8.90. The molecule has 0 radical (unpaired) electrons. The van der Waals surface area contributed by atoms with E-state index in [1.54, 1.807) is 0 Å². The van der Waals surface area contributed by atoms with E-state index in [0.717, 1.165) is 60.5 Å². The Hall–Kier alpha value is -10.7. The van der Waals surface area contributed by atoms with E-state index < -0.39 is 6.04 Å². The van der Waals surface area contributed by atoms with Crippen molar-refractivity contribution < 1.29 is 13.7 Å². The van der Waals surface area contributed by atoms with Crippen molar-refractivity contribution in [3.05, 3.63) is 330 Å². The van der Waals surface area contributed by atoms with Gasteiger partial charge in [-0.3, -0.25) is 0 Å². The van der Waals surface area contributed by atoms with Gasteiger partial charge in [0.15, 0.2) is 0 Å². The fourth-order valence-corrected chi connectivity index (χ4v) is 16.5. The second kappa shape index (κ2) is 28.4. The quantitative estimate of drug-likeness (QED) is 0.151. The molecule has 0 spiro atoms. The third kappa shape index (κ3) is 14.3. The SMILES string of the molecule is CC(C)(C)c1cccc(-n2c3ccccc3c3cccc(-c4ccccc4)c32)c1C(C)(C)C.[2H]c1c([2H])c([2H])c(-c2cccc3c4ccccc4n(-c4cccc(-c5cc(C(C)(C)C)cc(C(C)(C)C)c5)c4C(C)(C)C)c23)c([2H])c1[2H].[2H]c1c([2H])c([2H])c(-c2cccc3c4ccccc4n(-c4cccc(C(C)(C)C)c4C(C)(C)C)c23)c([2H])c1[2H]. The molecule has 0 saturated carbocycles. The van der Waals surface area contributed by atoms with Gasteiger partial charge in [-0.2, -0.15) is 0 Å². The molecule has 109 heavy (non-hydrogen) atoms. The number of nitrogens with zero attached hydrogens (tertiary/aromatic N) is 3. The highest BCUT2D eigenvalue weighted by Gasteiger charge is 2.34. The summed E-state index contributed by atoms with van der Waals surface area (Å²) < 4.78 is 92.2. The Balaban J connectivity index is 0.000000149. The van der Waals surface area contributed by atoms with Crippen LogP contribution in [0.15, 0.2) is 291 Å². The first-order valence-corrected chi connectivity index (χ1v) is 38.6. The third-order valence-electron chi connectivity index (χ3n) is 21.4. The van der Waals surface area contributed by atoms with E-state index in [2.05, 4.69) is 341 Å². The number of rotatable bonds is 7. The van der Waals surface area contributed by atoms with Crippen LogP contribution in [0.5, 0.6) is 0 Å². The number of fused-ring (bicyclic) bond motifs is 9. The van der Waals surface area contributed by atoms with Gasteiger partial charge in [0, 0.05) is 49.0 Å². The van der Waals surface area contributed by atoms with Gasteiger partial charge in [0.1, 0.15) is 0 Å². The highest BCUT2D eigenvalue weighted by Crippen LogP contribution is 2.49. The average Bonchev–Trinajstić information content (AvgIpc) is 1.59. The van der Waals surface area contributed by atoms with Gasteiger partial charge in [-0.15, -0.1) is 0 Å². The molecule has 0 saturated heterocycles. The first kappa shape index (κ1) is 63.2. The smallest absolute Gasteiger partial charge is 0.0629 e. The molecule has 16 aromatic rings. The Morgan fingerprint density at radius 1 is 0.220 bits per heavy atom. The van der Waals surface area contributed by atoms with E-state index >= 15 is 0 Å². The summed E-state index contributed by atoms with van der Waals surface area (Å²) in [5, 5.41) is 6.63. The van der Waals surface area contributed by atoms with Crippen molar-refractivity contribution in [1.29, 1.82) is 0 Å². The highest BCUT2D eigenvalue weighted by atomic mass is 15.0. The van der Waals surface area contributed by atoms with E-state index in [1.165, 1.54) is 83.1 Å². The van der Waals surface area contributed by atoms with Crippen molar-refractivity contribution in [2.45, 2.75) is 183 Å². The van der Waals surface area contributed by atoms with Crippen molar-refractivity contribution >= 4 is 65.4 Å². The molecular weight excluding hydrogens is 1320 g/mol. The summed E-state index contributed by atoms with van der Waals surface area (Å²) in [5.74, 6) is 0. The first-order valence-electron chi connectivity index (χ1n) is 43.6. The second-order valence-corrected chi connectivity index (χ2v) is 36.7. The van der Waals surface area contributed by atoms with Crippen molar-refractivity contribution in [3.63, 3.8) is 0 Å². The van der Waals surface area contributed by atoms with E-state index in [-0.39, 0.29) is 103 Å². The van der Waals surface area contributed by atoms with Crippen LogP contribution in [0.3, 0.4) is 0 Å². The van der Waals surface area contributed by atoms with Gasteiger partial charge in [0.2, 0.25) is 0 Å². The number of para-hydroxylation sites is 6. The molecule has 13 aromatic carbocycles. The number of hydrogen-bond acceptors (Lipinski definition) is 0. The molecule has 16 rings (SSSR count). The Morgan fingerprint density at radius 2 is 0.514 bits per heavy atom. The first-order chi connectivity index (χ1) is 55.7. The molecule has 0 aliphatic heterocycles. The summed E-state index contributed by atoms with van der Waals surface area (Å²) in [6, 6.07) is 78.4. The monoisotopic (exact) mass is 1440 g/mol. The third-order valence-corrected chi connectivity index (χ3v) is 21.4. The van der Waals surface area contributed by atoms with Gasteiger partial charge in [-0.1, -0.05) is 400 Å². The molecule has 3 nitrogen and oxygen atoms in total. The lowest BCUT2D eigenvalue weighted by molar-refractivity contribution is 0.528. The Labute approximate surface area is 664 Å². The second-order valence-electron chi connectivity index (χ2n) is 36.7. The lowest BCUT2D eigenvalue weighted by atomic mass is 9.74. The van der Waals surface area contributed by atoms with Crippen LogP contribution in [-0.2, 0) is 37.9 Å². The van der Waals surface area contributed by atoms with Crippen LogP contribution in [0.25, 0.3) is 127 Å². The lowest BCUT2D eigenvalue weighted by Crippen LogP contribution is -2.24. The van der Waals surface area contributed by atoms with Crippen molar-refractivity contribution in [3.8, 4) is 61.6 Å². The summed E-state index contributed by atoms with van der Waals surface area (Å²) in [6.45, 7) is 47.7. The zero-order valence-corrected chi connectivity index (χ0v) is 67.8. The summed E-state index contributed by atoms with van der Waals surface area (Å²) in [4.78, 5) is 0. The summed E-state index contributed by atoms with van der Waals surface area (Å²) in [7, 11) is 0.